The molecule has 2 heteroatoms. The van der Waals surface area contributed by atoms with Crippen LogP contribution >= 0.6 is 0 Å². The van der Waals surface area contributed by atoms with Gasteiger partial charge in [-0.15, -0.1) is 0 Å². The maximum Gasteiger partial charge on any atom is 0.333 e. The summed E-state index contributed by atoms with van der Waals surface area (Å²) < 4.78 is 4.94. The fourth-order valence-electron chi connectivity index (χ4n) is 1.72. The molecule has 0 aromatic heterocycles. The molecular formula is C14H26O2. The van der Waals surface area contributed by atoms with Crippen LogP contribution in [-0.4, -0.2) is 12.6 Å². The topological polar surface area (TPSA) is 26.3 Å². The van der Waals surface area contributed by atoms with Gasteiger partial charge in [0, 0.05) is 5.57 Å². The van der Waals surface area contributed by atoms with E-state index in [1.54, 1.807) is 0 Å². The molecule has 0 saturated carbocycles. The first-order valence-electron chi connectivity index (χ1n) is 6.47. The maximum absolute atomic E-state index is 11.4. The van der Waals surface area contributed by atoms with E-state index in [1.165, 1.54) is 25.7 Å². The number of ether oxygens (including phenoxy) is 1. The quantitative estimate of drug-likeness (QED) is 0.354. The number of carbonyl (C=O) groups is 1. The molecule has 0 heterocycles. The summed E-state index contributed by atoms with van der Waals surface area (Å²) >= 11 is 0. The van der Waals surface area contributed by atoms with Gasteiger partial charge in [-0.05, 0) is 26.2 Å². The van der Waals surface area contributed by atoms with Gasteiger partial charge in [-0.2, -0.15) is 0 Å². The summed E-state index contributed by atoms with van der Waals surface area (Å²) in [6.07, 6.45) is 8.33. The van der Waals surface area contributed by atoms with Gasteiger partial charge in [-0.25, -0.2) is 4.79 Å². The van der Waals surface area contributed by atoms with Crippen LogP contribution in [0.4, 0.5) is 0 Å². The highest BCUT2D eigenvalue weighted by atomic mass is 16.5. The van der Waals surface area contributed by atoms with Gasteiger partial charge in [0.25, 0.3) is 0 Å². The van der Waals surface area contributed by atoms with E-state index < -0.39 is 0 Å². The Morgan fingerprint density at radius 2 is 1.94 bits per heavy atom. The predicted octanol–water partition coefficient (Wildman–Crippen LogP) is 4.10. The van der Waals surface area contributed by atoms with Crippen molar-refractivity contribution < 1.29 is 9.53 Å². The number of hydrogen-bond acceptors (Lipinski definition) is 2. The van der Waals surface area contributed by atoms with Crippen molar-refractivity contribution in [3.05, 3.63) is 11.6 Å². The van der Waals surface area contributed by atoms with Gasteiger partial charge in [0.05, 0.1) is 6.61 Å². The van der Waals surface area contributed by atoms with Crippen molar-refractivity contribution in [1.82, 2.24) is 0 Å². The molecule has 0 radical (unpaired) electrons. The van der Waals surface area contributed by atoms with E-state index in [2.05, 4.69) is 13.8 Å². The highest BCUT2D eigenvalue weighted by molar-refractivity contribution is 5.87. The molecule has 0 unspecified atom stereocenters. The molecular weight excluding hydrogens is 200 g/mol. The predicted molar refractivity (Wildman–Crippen MR) is 68.3 cm³/mol. The first kappa shape index (κ1) is 15.2. The lowest BCUT2D eigenvalue weighted by Crippen LogP contribution is -2.06. The molecule has 0 rings (SSSR count). The Balaban J connectivity index is 3.86. The van der Waals surface area contributed by atoms with Gasteiger partial charge < -0.3 is 4.74 Å². The fourth-order valence-corrected chi connectivity index (χ4v) is 1.72. The van der Waals surface area contributed by atoms with Crippen molar-refractivity contribution in [3.8, 4) is 0 Å². The highest BCUT2D eigenvalue weighted by Gasteiger charge is 2.06. The summed E-state index contributed by atoms with van der Waals surface area (Å²) in [5, 5.41) is 0. The van der Waals surface area contributed by atoms with Crippen LogP contribution in [0.2, 0.25) is 0 Å². The molecule has 0 amide bonds. The second kappa shape index (κ2) is 9.44. The zero-order chi connectivity index (χ0) is 12.4. The molecule has 94 valence electrons. The number of esters is 1. The van der Waals surface area contributed by atoms with Crippen molar-refractivity contribution in [2.45, 2.75) is 59.8 Å². The van der Waals surface area contributed by atoms with Crippen LogP contribution in [0.3, 0.4) is 0 Å². The third-order valence-electron chi connectivity index (χ3n) is 2.64. The van der Waals surface area contributed by atoms with E-state index in [0.717, 1.165) is 12.0 Å². The summed E-state index contributed by atoms with van der Waals surface area (Å²) in [4.78, 5) is 11.4. The molecule has 0 spiro atoms. The minimum absolute atomic E-state index is 0.178. The number of rotatable bonds is 8. The number of unbranched alkanes of at least 4 members (excludes halogenated alkanes) is 3. The molecule has 0 aromatic rings. The van der Waals surface area contributed by atoms with E-state index in [1.807, 2.05) is 19.9 Å². The minimum Gasteiger partial charge on any atom is -0.463 e. The number of carbonyl (C=O) groups excluding carboxylic acids is 1. The molecule has 16 heavy (non-hydrogen) atoms. The van der Waals surface area contributed by atoms with Gasteiger partial charge in [0.1, 0.15) is 0 Å². The molecule has 0 aromatic carbocycles. The molecule has 0 N–H and O–H groups in total. The summed E-state index contributed by atoms with van der Waals surface area (Å²) in [6.45, 7) is 8.50. The van der Waals surface area contributed by atoms with Gasteiger partial charge in [-0.3, -0.25) is 0 Å². The monoisotopic (exact) mass is 226 g/mol. The van der Waals surface area contributed by atoms with Crippen molar-refractivity contribution in [2.75, 3.05) is 6.61 Å². The standard InChI is InChI=1S/C14H26O2/c1-5-7-8-9-10-12(3)11-13(4)14(15)16-6-2/h11-12H,5-10H2,1-4H3/b13-11+/t12-/m1/s1. The Morgan fingerprint density at radius 1 is 1.25 bits per heavy atom. The molecule has 2 nitrogen and oxygen atoms in total. The summed E-state index contributed by atoms with van der Waals surface area (Å²) in [7, 11) is 0. The Hall–Kier alpha value is -0.790. The van der Waals surface area contributed by atoms with E-state index in [9.17, 15) is 4.79 Å². The fraction of sp³-hybridized carbons (Fsp3) is 0.786. The van der Waals surface area contributed by atoms with Gasteiger partial charge in [0.2, 0.25) is 0 Å². The average molecular weight is 226 g/mol. The molecule has 0 aliphatic carbocycles. The van der Waals surface area contributed by atoms with Crippen molar-refractivity contribution in [1.29, 1.82) is 0 Å². The Kier molecular flexibility index (Phi) is 8.97. The highest BCUT2D eigenvalue weighted by Crippen LogP contribution is 2.14. The Labute approximate surface area is 100 Å². The zero-order valence-corrected chi connectivity index (χ0v) is 11.2. The van der Waals surface area contributed by atoms with E-state index in [0.29, 0.717) is 12.5 Å². The summed E-state index contributed by atoms with van der Waals surface area (Å²) in [5.41, 5.74) is 0.741. The summed E-state index contributed by atoms with van der Waals surface area (Å²) in [5.74, 6) is 0.296. The lowest BCUT2D eigenvalue weighted by molar-refractivity contribution is -0.138. The van der Waals surface area contributed by atoms with Crippen LogP contribution in [-0.2, 0) is 9.53 Å². The molecule has 1 atom stereocenters. The molecule has 0 saturated heterocycles. The van der Waals surface area contributed by atoms with Crippen molar-refractivity contribution in [3.63, 3.8) is 0 Å². The van der Waals surface area contributed by atoms with Crippen LogP contribution in [0, 0.1) is 5.92 Å². The first-order chi connectivity index (χ1) is 7.61. The lowest BCUT2D eigenvalue weighted by Gasteiger charge is -2.08. The van der Waals surface area contributed by atoms with E-state index in [4.69, 9.17) is 4.74 Å². The lowest BCUT2D eigenvalue weighted by atomic mass is 10.0. The van der Waals surface area contributed by atoms with Crippen LogP contribution < -0.4 is 0 Å². The normalized spacial score (nSPS) is 13.6. The molecule has 0 aliphatic rings. The zero-order valence-electron chi connectivity index (χ0n) is 11.2. The Bertz CT molecular complexity index is 219. The second-order valence-electron chi connectivity index (χ2n) is 4.40. The van der Waals surface area contributed by atoms with Crippen LogP contribution in [0.15, 0.2) is 11.6 Å². The maximum atomic E-state index is 11.4. The van der Waals surface area contributed by atoms with Gasteiger partial charge >= 0.3 is 5.97 Å². The van der Waals surface area contributed by atoms with Crippen LogP contribution in [0.5, 0.6) is 0 Å². The van der Waals surface area contributed by atoms with E-state index >= 15 is 0 Å². The van der Waals surface area contributed by atoms with Crippen LogP contribution in [0.1, 0.15) is 59.8 Å². The van der Waals surface area contributed by atoms with Crippen molar-refractivity contribution in [2.24, 2.45) is 5.92 Å². The third-order valence-corrected chi connectivity index (χ3v) is 2.64. The Morgan fingerprint density at radius 3 is 2.50 bits per heavy atom. The average Bonchev–Trinajstić information content (AvgIpc) is 2.24. The number of allylic oxidation sites excluding steroid dienone is 1. The minimum atomic E-state index is -0.178. The largest absolute Gasteiger partial charge is 0.463 e. The van der Waals surface area contributed by atoms with Crippen molar-refractivity contribution >= 4 is 5.97 Å². The van der Waals surface area contributed by atoms with Gasteiger partial charge in [0.15, 0.2) is 0 Å². The summed E-state index contributed by atoms with van der Waals surface area (Å²) in [6, 6.07) is 0. The SMILES string of the molecule is CCCCCC[C@@H](C)/C=C(\C)C(=O)OCC. The first-order valence-corrected chi connectivity index (χ1v) is 6.47. The van der Waals surface area contributed by atoms with Crippen LogP contribution in [0.25, 0.3) is 0 Å². The molecule has 0 bridgehead atoms. The molecule has 0 fully saturated rings. The van der Waals surface area contributed by atoms with Gasteiger partial charge in [-0.1, -0.05) is 45.6 Å². The smallest absolute Gasteiger partial charge is 0.333 e. The number of hydrogen-bond donors (Lipinski definition) is 0. The second-order valence-corrected chi connectivity index (χ2v) is 4.40. The third kappa shape index (κ3) is 7.49. The molecule has 0 aliphatic heterocycles. The van der Waals surface area contributed by atoms with E-state index in [-0.39, 0.29) is 5.97 Å².